The van der Waals surface area contributed by atoms with Crippen molar-refractivity contribution in [2.24, 2.45) is 5.84 Å². The molecule has 0 unspecified atom stereocenters. The lowest BCUT2D eigenvalue weighted by molar-refractivity contribution is -0.118. The van der Waals surface area contributed by atoms with E-state index in [0.717, 1.165) is 11.3 Å². The molecule has 0 fully saturated rings. The van der Waals surface area contributed by atoms with Crippen LogP contribution in [0.2, 0.25) is 5.02 Å². The molecular weight excluding hydrogens is 220 g/mol. The van der Waals surface area contributed by atoms with Gasteiger partial charge in [-0.2, -0.15) is 0 Å². The minimum Gasteiger partial charge on any atom is -0.294 e. The first-order valence-electron chi connectivity index (χ1n) is 4.04. The quantitative estimate of drug-likeness (QED) is 0.469. The van der Waals surface area contributed by atoms with Crippen LogP contribution < -0.4 is 11.3 Å². The Bertz CT molecular complexity index is 319. The maximum atomic E-state index is 10.8. The average Bonchev–Trinajstić information content (AvgIpc) is 2.17. The summed E-state index contributed by atoms with van der Waals surface area (Å²) in [5.41, 5.74) is 3.18. The molecule has 0 radical (unpaired) electrons. The first-order valence-corrected chi connectivity index (χ1v) is 5.57. The van der Waals surface area contributed by atoms with Gasteiger partial charge < -0.3 is 0 Å². The first-order chi connectivity index (χ1) is 6.72. The van der Waals surface area contributed by atoms with Crippen LogP contribution in [0.5, 0.6) is 0 Å². The fourth-order valence-electron chi connectivity index (χ4n) is 0.930. The number of halogens is 1. The summed E-state index contributed by atoms with van der Waals surface area (Å²) in [6.45, 7) is 0. The molecule has 1 amide bonds. The maximum Gasteiger partial charge on any atom is 0.243 e. The lowest BCUT2D eigenvalue weighted by Crippen LogP contribution is -2.31. The number of nitrogens with one attached hydrogen (secondary N) is 1. The van der Waals surface area contributed by atoms with E-state index >= 15 is 0 Å². The minimum atomic E-state index is -0.169. The van der Waals surface area contributed by atoms with Crippen molar-refractivity contribution in [1.29, 1.82) is 0 Å². The van der Waals surface area contributed by atoms with E-state index in [4.69, 9.17) is 17.4 Å². The van der Waals surface area contributed by atoms with Gasteiger partial charge in [-0.05, 0) is 17.7 Å². The Morgan fingerprint density at radius 2 is 2.36 bits per heavy atom. The Morgan fingerprint density at radius 3 is 3.00 bits per heavy atom. The van der Waals surface area contributed by atoms with E-state index in [1.165, 1.54) is 11.8 Å². The van der Waals surface area contributed by atoms with Crippen LogP contribution in [-0.4, -0.2) is 11.7 Å². The van der Waals surface area contributed by atoms with Crippen LogP contribution in [0.4, 0.5) is 0 Å². The zero-order valence-electron chi connectivity index (χ0n) is 7.50. The lowest BCUT2D eigenvalue weighted by Gasteiger charge is -2.01. The largest absolute Gasteiger partial charge is 0.294 e. The number of hydrogen-bond acceptors (Lipinski definition) is 3. The summed E-state index contributed by atoms with van der Waals surface area (Å²) in [7, 11) is 0. The first kappa shape index (κ1) is 11.4. The Labute approximate surface area is 92.0 Å². The van der Waals surface area contributed by atoms with Crippen LogP contribution in [-0.2, 0) is 10.5 Å². The van der Waals surface area contributed by atoms with Gasteiger partial charge in [0.2, 0.25) is 5.91 Å². The standard InChI is InChI=1S/C9H11ClN2OS/c10-8-3-1-2-7(4-8)5-14-6-9(13)12-11/h1-4H,5-6,11H2,(H,12,13). The van der Waals surface area contributed by atoms with E-state index in [1.54, 1.807) is 0 Å². The summed E-state index contributed by atoms with van der Waals surface area (Å²) in [4.78, 5) is 10.8. The second-order valence-corrected chi connectivity index (χ2v) is 4.11. The highest BCUT2D eigenvalue weighted by Crippen LogP contribution is 2.16. The molecule has 0 heterocycles. The van der Waals surface area contributed by atoms with Crippen molar-refractivity contribution in [1.82, 2.24) is 5.43 Å². The molecule has 0 spiro atoms. The molecule has 5 heteroatoms. The van der Waals surface area contributed by atoms with Crippen LogP contribution in [0, 0.1) is 0 Å². The van der Waals surface area contributed by atoms with E-state index < -0.39 is 0 Å². The van der Waals surface area contributed by atoms with E-state index in [1.807, 2.05) is 24.3 Å². The molecule has 0 aromatic heterocycles. The Morgan fingerprint density at radius 1 is 1.57 bits per heavy atom. The molecule has 0 bridgehead atoms. The summed E-state index contributed by atoms with van der Waals surface area (Å²) < 4.78 is 0. The molecule has 0 aliphatic heterocycles. The predicted octanol–water partition coefficient (Wildman–Crippen LogP) is 1.56. The van der Waals surface area contributed by atoms with Crippen LogP contribution >= 0.6 is 23.4 Å². The smallest absolute Gasteiger partial charge is 0.243 e. The molecule has 1 aromatic rings. The Kier molecular flexibility index (Phi) is 4.79. The molecule has 76 valence electrons. The number of carbonyl (C=O) groups excluding carboxylic acids is 1. The summed E-state index contributed by atoms with van der Waals surface area (Å²) in [6, 6.07) is 7.57. The number of hydrogen-bond donors (Lipinski definition) is 2. The number of nitrogens with two attached hydrogens (primary N) is 1. The van der Waals surface area contributed by atoms with E-state index in [2.05, 4.69) is 5.43 Å². The van der Waals surface area contributed by atoms with Crippen molar-refractivity contribution >= 4 is 29.3 Å². The van der Waals surface area contributed by atoms with Crippen LogP contribution in [0.1, 0.15) is 5.56 Å². The maximum absolute atomic E-state index is 10.8. The highest BCUT2D eigenvalue weighted by molar-refractivity contribution is 7.99. The fourth-order valence-corrected chi connectivity index (χ4v) is 1.93. The second-order valence-electron chi connectivity index (χ2n) is 2.69. The van der Waals surface area contributed by atoms with Crippen LogP contribution in [0.3, 0.4) is 0 Å². The molecule has 14 heavy (non-hydrogen) atoms. The van der Waals surface area contributed by atoms with Gasteiger partial charge in [0.25, 0.3) is 0 Å². The summed E-state index contributed by atoms with van der Waals surface area (Å²) in [5, 5.41) is 0.714. The number of rotatable bonds is 4. The number of thioether (sulfide) groups is 1. The molecule has 3 nitrogen and oxygen atoms in total. The third kappa shape index (κ3) is 4.00. The Hall–Kier alpha value is -0.710. The zero-order chi connectivity index (χ0) is 10.4. The lowest BCUT2D eigenvalue weighted by atomic mass is 10.2. The van der Waals surface area contributed by atoms with Gasteiger partial charge in [0.05, 0.1) is 5.75 Å². The number of hydrazine groups is 1. The van der Waals surface area contributed by atoms with Gasteiger partial charge in [-0.3, -0.25) is 10.2 Å². The topological polar surface area (TPSA) is 55.1 Å². The summed E-state index contributed by atoms with van der Waals surface area (Å²) >= 11 is 7.30. The molecule has 1 rings (SSSR count). The molecular formula is C9H11ClN2OS. The average molecular weight is 231 g/mol. The summed E-state index contributed by atoms with van der Waals surface area (Å²) in [6.07, 6.45) is 0. The normalized spacial score (nSPS) is 9.86. The fraction of sp³-hybridized carbons (Fsp3) is 0.222. The highest BCUT2D eigenvalue weighted by Gasteiger charge is 1.99. The van der Waals surface area contributed by atoms with Gasteiger partial charge in [0, 0.05) is 10.8 Å². The van der Waals surface area contributed by atoms with Crippen molar-refractivity contribution in [2.75, 3.05) is 5.75 Å². The third-order valence-corrected chi connectivity index (χ3v) is 2.79. The molecule has 0 saturated heterocycles. The predicted molar refractivity (Wildman–Crippen MR) is 59.9 cm³/mol. The minimum absolute atomic E-state index is 0.169. The van der Waals surface area contributed by atoms with Crippen molar-refractivity contribution < 1.29 is 4.79 Å². The second kappa shape index (κ2) is 5.90. The molecule has 0 aliphatic rings. The van der Waals surface area contributed by atoms with Gasteiger partial charge in [-0.1, -0.05) is 23.7 Å². The molecule has 0 aliphatic carbocycles. The van der Waals surface area contributed by atoms with Crippen molar-refractivity contribution in [3.05, 3.63) is 34.9 Å². The van der Waals surface area contributed by atoms with E-state index in [9.17, 15) is 4.79 Å². The van der Waals surface area contributed by atoms with Gasteiger partial charge >= 0.3 is 0 Å². The van der Waals surface area contributed by atoms with Gasteiger partial charge in [0.15, 0.2) is 0 Å². The van der Waals surface area contributed by atoms with Gasteiger partial charge in [-0.25, -0.2) is 5.84 Å². The number of amides is 1. The molecule has 0 saturated carbocycles. The highest BCUT2D eigenvalue weighted by atomic mass is 35.5. The van der Waals surface area contributed by atoms with Crippen molar-refractivity contribution in [3.8, 4) is 0 Å². The van der Waals surface area contributed by atoms with Gasteiger partial charge in [0.1, 0.15) is 0 Å². The SMILES string of the molecule is NNC(=O)CSCc1cccc(Cl)c1. The van der Waals surface area contributed by atoms with E-state index in [0.29, 0.717) is 10.8 Å². The zero-order valence-corrected chi connectivity index (χ0v) is 9.07. The Balaban J connectivity index is 2.35. The monoisotopic (exact) mass is 230 g/mol. The number of benzene rings is 1. The van der Waals surface area contributed by atoms with E-state index in [-0.39, 0.29) is 5.91 Å². The van der Waals surface area contributed by atoms with Gasteiger partial charge in [-0.15, -0.1) is 11.8 Å². The molecule has 3 N–H and O–H groups in total. The van der Waals surface area contributed by atoms with Crippen molar-refractivity contribution in [2.45, 2.75) is 5.75 Å². The number of carbonyl (C=O) groups is 1. The third-order valence-electron chi connectivity index (χ3n) is 1.55. The summed E-state index contributed by atoms with van der Waals surface area (Å²) in [5.74, 6) is 5.89. The molecule has 0 atom stereocenters. The van der Waals surface area contributed by atoms with Crippen LogP contribution in [0.15, 0.2) is 24.3 Å². The molecule has 1 aromatic carbocycles. The van der Waals surface area contributed by atoms with Crippen molar-refractivity contribution in [3.63, 3.8) is 0 Å². The van der Waals surface area contributed by atoms with Crippen LogP contribution in [0.25, 0.3) is 0 Å².